The zero-order valence-corrected chi connectivity index (χ0v) is 11.8. The zero-order chi connectivity index (χ0) is 14.2. The number of carbonyl (C=O) groups is 2. The molecule has 0 aromatic rings. The van der Waals surface area contributed by atoms with Crippen LogP contribution in [0.3, 0.4) is 0 Å². The summed E-state index contributed by atoms with van der Waals surface area (Å²) in [6, 6.07) is 0. The van der Waals surface area contributed by atoms with E-state index in [1.807, 2.05) is 0 Å². The van der Waals surface area contributed by atoms with E-state index in [0.29, 0.717) is 31.2 Å². The number of nitrogens with one attached hydrogen (secondary N) is 1. The number of amides is 1. The molecule has 0 spiro atoms. The Labute approximate surface area is 119 Å². The fourth-order valence-electron chi connectivity index (χ4n) is 4.16. The van der Waals surface area contributed by atoms with Crippen molar-refractivity contribution in [2.75, 3.05) is 6.54 Å². The Kier molecular flexibility index (Phi) is 3.57. The topological polar surface area (TPSA) is 66.4 Å². The van der Waals surface area contributed by atoms with Crippen molar-refractivity contribution in [1.29, 1.82) is 0 Å². The summed E-state index contributed by atoms with van der Waals surface area (Å²) in [5.74, 6) is 0.337. The number of carboxylic acids is 1. The molecule has 2 saturated carbocycles. The van der Waals surface area contributed by atoms with Crippen LogP contribution in [0.2, 0.25) is 0 Å². The van der Waals surface area contributed by atoms with E-state index >= 15 is 0 Å². The molecule has 0 saturated heterocycles. The third kappa shape index (κ3) is 2.36. The largest absolute Gasteiger partial charge is 0.481 e. The molecule has 2 bridgehead atoms. The molecule has 0 heterocycles. The Bertz CT molecular complexity index is 437. The van der Waals surface area contributed by atoms with Crippen molar-refractivity contribution in [3.63, 3.8) is 0 Å². The minimum absolute atomic E-state index is 0.0630. The van der Waals surface area contributed by atoms with Crippen molar-refractivity contribution in [2.45, 2.75) is 44.9 Å². The number of hydrogen-bond acceptors (Lipinski definition) is 2. The van der Waals surface area contributed by atoms with Crippen LogP contribution in [-0.4, -0.2) is 23.5 Å². The van der Waals surface area contributed by atoms with Gasteiger partial charge in [-0.15, -0.1) is 0 Å². The highest BCUT2D eigenvalue weighted by molar-refractivity contribution is 5.81. The van der Waals surface area contributed by atoms with Crippen molar-refractivity contribution < 1.29 is 14.7 Å². The Morgan fingerprint density at radius 2 is 1.90 bits per heavy atom. The molecule has 110 valence electrons. The van der Waals surface area contributed by atoms with Gasteiger partial charge in [0.1, 0.15) is 0 Å². The molecule has 20 heavy (non-hydrogen) atoms. The van der Waals surface area contributed by atoms with Gasteiger partial charge in [0.2, 0.25) is 5.91 Å². The number of fused-ring (bicyclic) bond motifs is 2. The first-order valence-corrected chi connectivity index (χ1v) is 7.80. The summed E-state index contributed by atoms with van der Waals surface area (Å²) in [4.78, 5) is 23.9. The Hall–Kier alpha value is -1.32. The SMILES string of the molecule is O=C(NCC1(C(=O)O)CCCCC1)C1CC2C=CC1C2. The molecule has 3 aliphatic carbocycles. The van der Waals surface area contributed by atoms with Crippen molar-refractivity contribution in [1.82, 2.24) is 5.32 Å². The van der Waals surface area contributed by atoms with Crippen LogP contribution >= 0.6 is 0 Å². The third-order valence-corrected chi connectivity index (χ3v) is 5.48. The van der Waals surface area contributed by atoms with Gasteiger partial charge in [0, 0.05) is 12.5 Å². The number of carbonyl (C=O) groups excluding carboxylic acids is 1. The van der Waals surface area contributed by atoms with E-state index in [2.05, 4.69) is 17.5 Å². The van der Waals surface area contributed by atoms with Crippen LogP contribution in [0, 0.1) is 23.2 Å². The van der Waals surface area contributed by atoms with E-state index in [0.717, 1.165) is 32.1 Å². The maximum atomic E-state index is 12.3. The van der Waals surface area contributed by atoms with Crippen molar-refractivity contribution >= 4 is 11.9 Å². The lowest BCUT2D eigenvalue weighted by Gasteiger charge is -2.33. The molecule has 0 radical (unpaired) electrons. The fourth-order valence-corrected chi connectivity index (χ4v) is 4.16. The molecule has 3 atom stereocenters. The average Bonchev–Trinajstić information content (AvgIpc) is 3.08. The summed E-state index contributed by atoms with van der Waals surface area (Å²) >= 11 is 0. The van der Waals surface area contributed by atoms with Gasteiger partial charge in [-0.25, -0.2) is 0 Å². The normalized spacial score (nSPS) is 34.1. The molecule has 3 rings (SSSR count). The van der Waals surface area contributed by atoms with E-state index in [1.165, 1.54) is 0 Å². The summed E-state index contributed by atoms with van der Waals surface area (Å²) in [5, 5.41) is 12.5. The predicted molar refractivity (Wildman–Crippen MR) is 75.0 cm³/mol. The number of hydrogen-bond donors (Lipinski definition) is 2. The van der Waals surface area contributed by atoms with Gasteiger partial charge in [-0.2, -0.15) is 0 Å². The summed E-state index contributed by atoms with van der Waals surface area (Å²) in [5.41, 5.74) is -0.721. The monoisotopic (exact) mass is 277 g/mol. The Balaban J connectivity index is 1.59. The lowest BCUT2D eigenvalue weighted by atomic mass is 9.74. The molecular formula is C16H23NO3. The summed E-state index contributed by atoms with van der Waals surface area (Å²) in [6.45, 7) is 0.304. The summed E-state index contributed by atoms with van der Waals surface area (Å²) < 4.78 is 0. The second-order valence-electron chi connectivity index (χ2n) is 6.75. The number of allylic oxidation sites excluding steroid dienone is 2. The summed E-state index contributed by atoms with van der Waals surface area (Å²) in [7, 11) is 0. The molecule has 4 heteroatoms. The fraction of sp³-hybridized carbons (Fsp3) is 0.750. The van der Waals surface area contributed by atoms with Crippen LogP contribution in [0.1, 0.15) is 44.9 Å². The molecule has 0 aliphatic heterocycles. The predicted octanol–water partition coefficient (Wildman–Crippen LogP) is 2.35. The lowest BCUT2D eigenvalue weighted by Crippen LogP contribution is -2.46. The molecule has 3 unspecified atom stereocenters. The standard InChI is InChI=1S/C16H23NO3/c18-14(13-9-11-4-5-12(13)8-11)17-10-16(15(19)20)6-2-1-3-7-16/h4-5,11-13H,1-3,6-10H2,(H,17,18)(H,19,20). The number of carboxylic acid groups (broad SMARTS) is 1. The van der Waals surface area contributed by atoms with E-state index in [1.54, 1.807) is 0 Å². The maximum Gasteiger partial charge on any atom is 0.311 e. The van der Waals surface area contributed by atoms with Gasteiger partial charge in [0.05, 0.1) is 5.41 Å². The van der Waals surface area contributed by atoms with Crippen LogP contribution in [0.4, 0.5) is 0 Å². The zero-order valence-electron chi connectivity index (χ0n) is 11.8. The minimum Gasteiger partial charge on any atom is -0.481 e. The molecular weight excluding hydrogens is 254 g/mol. The molecule has 2 N–H and O–H groups in total. The number of rotatable bonds is 4. The maximum absolute atomic E-state index is 12.3. The van der Waals surface area contributed by atoms with Crippen molar-refractivity contribution in [2.24, 2.45) is 23.2 Å². The van der Waals surface area contributed by atoms with Gasteiger partial charge in [-0.05, 0) is 37.5 Å². The van der Waals surface area contributed by atoms with Crippen molar-refractivity contribution in [3.05, 3.63) is 12.2 Å². The van der Waals surface area contributed by atoms with Gasteiger partial charge in [-0.3, -0.25) is 9.59 Å². The van der Waals surface area contributed by atoms with Gasteiger partial charge in [0.15, 0.2) is 0 Å². The van der Waals surface area contributed by atoms with Crippen LogP contribution in [0.5, 0.6) is 0 Å². The third-order valence-electron chi connectivity index (χ3n) is 5.48. The molecule has 4 nitrogen and oxygen atoms in total. The highest BCUT2D eigenvalue weighted by Gasteiger charge is 2.43. The van der Waals surface area contributed by atoms with Gasteiger partial charge in [-0.1, -0.05) is 31.4 Å². The van der Waals surface area contributed by atoms with Crippen LogP contribution in [0.25, 0.3) is 0 Å². The summed E-state index contributed by atoms with van der Waals surface area (Å²) in [6.07, 6.45) is 10.8. The lowest BCUT2D eigenvalue weighted by molar-refractivity contribution is -0.151. The number of aliphatic carboxylic acids is 1. The Morgan fingerprint density at radius 3 is 2.45 bits per heavy atom. The van der Waals surface area contributed by atoms with E-state index in [-0.39, 0.29) is 11.8 Å². The molecule has 0 aromatic heterocycles. The van der Waals surface area contributed by atoms with Crippen LogP contribution < -0.4 is 5.32 Å². The van der Waals surface area contributed by atoms with Gasteiger partial charge < -0.3 is 10.4 Å². The second kappa shape index (κ2) is 5.23. The first-order valence-electron chi connectivity index (χ1n) is 7.80. The molecule has 2 fully saturated rings. The van der Waals surface area contributed by atoms with Crippen LogP contribution in [-0.2, 0) is 9.59 Å². The Morgan fingerprint density at radius 1 is 1.15 bits per heavy atom. The highest BCUT2D eigenvalue weighted by Crippen LogP contribution is 2.43. The van der Waals surface area contributed by atoms with Crippen LogP contribution in [0.15, 0.2) is 12.2 Å². The van der Waals surface area contributed by atoms with E-state index in [4.69, 9.17) is 0 Å². The highest BCUT2D eigenvalue weighted by atomic mass is 16.4. The first-order chi connectivity index (χ1) is 9.61. The molecule has 1 amide bonds. The average molecular weight is 277 g/mol. The van der Waals surface area contributed by atoms with Gasteiger partial charge in [0.25, 0.3) is 0 Å². The van der Waals surface area contributed by atoms with E-state index in [9.17, 15) is 14.7 Å². The van der Waals surface area contributed by atoms with E-state index < -0.39 is 11.4 Å². The minimum atomic E-state index is -0.745. The molecule has 3 aliphatic rings. The molecule has 0 aromatic carbocycles. The smallest absolute Gasteiger partial charge is 0.311 e. The quantitative estimate of drug-likeness (QED) is 0.775. The second-order valence-corrected chi connectivity index (χ2v) is 6.75. The first kappa shape index (κ1) is 13.7. The van der Waals surface area contributed by atoms with Gasteiger partial charge >= 0.3 is 5.97 Å². The van der Waals surface area contributed by atoms with Crippen molar-refractivity contribution in [3.8, 4) is 0 Å².